The molecular weight excluding hydrogens is 402 g/mol. The third-order valence-electron chi connectivity index (χ3n) is 3.06. The van der Waals surface area contributed by atoms with Gasteiger partial charge in [0, 0.05) is 8.95 Å². The third-order valence-corrected chi connectivity index (χ3v) is 4.05. The standard InChI is InChI=1S/C14H11Br2N3O2/c15-7-2-4-12(20)9(5-7)13(21)19-14-17-10-3-1-8(16)6-11(10)18-14/h1-6,14,17-18,20H,(H,19,21). The number of anilines is 2. The maximum absolute atomic E-state index is 12.2. The number of fused-ring (bicyclic) bond motifs is 1. The molecule has 2 aromatic rings. The number of benzene rings is 2. The summed E-state index contributed by atoms with van der Waals surface area (Å²) >= 11 is 6.68. The lowest BCUT2D eigenvalue weighted by atomic mass is 10.2. The van der Waals surface area contributed by atoms with Gasteiger partial charge in [0.2, 0.25) is 0 Å². The number of nitrogens with one attached hydrogen (secondary N) is 3. The first-order chi connectivity index (χ1) is 10.0. The predicted octanol–water partition coefficient (Wildman–Crippen LogP) is 3.47. The Kier molecular flexibility index (Phi) is 3.77. The molecule has 0 saturated heterocycles. The SMILES string of the molecule is O=C(NC1Nc2ccc(Br)cc2N1)c1cc(Br)ccc1O. The summed E-state index contributed by atoms with van der Waals surface area (Å²) in [6.45, 7) is 0. The van der Waals surface area contributed by atoms with E-state index in [0.717, 1.165) is 20.3 Å². The molecule has 5 nitrogen and oxygen atoms in total. The van der Waals surface area contributed by atoms with Crippen LogP contribution in [-0.4, -0.2) is 17.3 Å². The molecule has 1 aliphatic heterocycles. The molecule has 2 aromatic carbocycles. The first-order valence-electron chi connectivity index (χ1n) is 6.15. The van der Waals surface area contributed by atoms with Crippen molar-refractivity contribution in [3.05, 3.63) is 50.9 Å². The second-order valence-electron chi connectivity index (χ2n) is 4.55. The fourth-order valence-corrected chi connectivity index (χ4v) is 2.80. The normalized spacial score (nSPS) is 15.8. The molecule has 1 aliphatic rings. The van der Waals surface area contributed by atoms with Crippen LogP contribution in [0, 0.1) is 0 Å². The molecule has 0 bridgehead atoms. The van der Waals surface area contributed by atoms with E-state index in [0.29, 0.717) is 0 Å². The molecule has 1 atom stereocenters. The molecule has 1 unspecified atom stereocenters. The van der Waals surface area contributed by atoms with Gasteiger partial charge in [-0.05, 0) is 36.4 Å². The molecule has 21 heavy (non-hydrogen) atoms. The Morgan fingerprint density at radius 2 is 1.71 bits per heavy atom. The van der Waals surface area contributed by atoms with E-state index in [1.807, 2.05) is 18.2 Å². The van der Waals surface area contributed by atoms with Gasteiger partial charge >= 0.3 is 0 Å². The van der Waals surface area contributed by atoms with Crippen molar-refractivity contribution in [3.63, 3.8) is 0 Å². The molecule has 0 fully saturated rings. The monoisotopic (exact) mass is 411 g/mol. The molecule has 3 rings (SSSR count). The summed E-state index contributed by atoms with van der Waals surface area (Å²) in [5.41, 5.74) is 2.01. The van der Waals surface area contributed by atoms with Crippen molar-refractivity contribution >= 4 is 49.1 Å². The highest BCUT2D eigenvalue weighted by Crippen LogP contribution is 2.31. The van der Waals surface area contributed by atoms with Crippen LogP contribution < -0.4 is 16.0 Å². The van der Waals surface area contributed by atoms with Gasteiger partial charge < -0.3 is 21.1 Å². The molecule has 1 heterocycles. The van der Waals surface area contributed by atoms with Crippen LogP contribution in [0.15, 0.2) is 45.3 Å². The van der Waals surface area contributed by atoms with Gasteiger partial charge in [0.1, 0.15) is 5.75 Å². The molecule has 7 heteroatoms. The van der Waals surface area contributed by atoms with E-state index in [4.69, 9.17) is 0 Å². The van der Waals surface area contributed by atoms with Gasteiger partial charge in [0.15, 0.2) is 6.29 Å². The lowest BCUT2D eigenvalue weighted by Crippen LogP contribution is -2.42. The first-order valence-corrected chi connectivity index (χ1v) is 7.73. The van der Waals surface area contributed by atoms with Gasteiger partial charge in [0.05, 0.1) is 16.9 Å². The van der Waals surface area contributed by atoms with Crippen LogP contribution in [0.4, 0.5) is 11.4 Å². The van der Waals surface area contributed by atoms with Crippen molar-refractivity contribution < 1.29 is 9.90 Å². The van der Waals surface area contributed by atoms with Crippen molar-refractivity contribution in [1.82, 2.24) is 5.32 Å². The minimum absolute atomic E-state index is 0.0612. The van der Waals surface area contributed by atoms with Crippen LogP contribution >= 0.6 is 31.9 Å². The second-order valence-corrected chi connectivity index (χ2v) is 6.38. The van der Waals surface area contributed by atoms with Crippen molar-refractivity contribution in [2.24, 2.45) is 0 Å². The summed E-state index contributed by atoms with van der Waals surface area (Å²) in [4.78, 5) is 12.2. The summed E-state index contributed by atoms with van der Waals surface area (Å²) in [5, 5.41) is 18.8. The van der Waals surface area contributed by atoms with Crippen LogP contribution in [0.3, 0.4) is 0 Å². The molecular formula is C14H11Br2N3O2. The largest absolute Gasteiger partial charge is 0.507 e. The zero-order valence-corrected chi connectivity index (χ0v) is 13.8. The molecule has 4 N–H and O–H groups in total. The van der Waals surface area contributed by atoms with Gasteiger partial charge in [-0.15, -0.1) is 0 Å². The Morgan fingerprint density at radius 3 is 2.52 bits per heavy atom. The van der Waals surface area contributed by atoms with E-state index in [-0.39, 0.29) is 17.2 Å². The van der Waals surface area contributed by atoms with Crippen LogP contribution in [0.25, 0.3) is 0 Å². The highest BCUT2D eigenvalue weighted by atomic mass is 79.9. The summed E-state index contributed by atoms with van der Waals surface area (Å²) < 4.78 is 1.68. The Morgan fingerprint density at radius 1 is 1.05 bits per heavy atom. The average Bonchev–Trinajstić information content (AvgIpc) is 2.82. The Labute approximate surface area is 138 Å². The van der Waals surface area contributed by atoms with Crippen LogP contribution in [0.2, 0.25) is 0 Å². The Balaban J connectivity index is 1.74. The number of aromatic hydroxyl groups is 1. The number of phenols is 1. The van der Waals surface area contributed by atoms with E-state index in [9.17, 15) is 9.90 Å². The number of hydrogen-bond acceptors (Lipinski definition) is 4. The van der Waals surface area contributed by atoms with Crippen molar-refractivity contribution in [1.29, 1.82) is 0 Å². The third kappa shape index (κ3) is 2.98. The van der Waals surface area contributed by atoms with Crippen molar-refractivity contribution in [2.45, 2.75) is 6.29 Å². The van der Waals surface area contributed by atoms with E-state index in [1.165, 1.54) is 6.07 Å². The van der Waals surface area contributed by atoms with Gasteiger partial charge in [-0.25, -0.2) is 0 Å². The molecule has 0 saturated carbocycles. The van der Waals surface area contributed by atoms with Crippen LogP contribution in [-0.2, 0) is 0 Å². The molecule has 1 amide bonds. The minimum Gasteiger partial charge on any atom is -0.507 e. The van der Waals surface area contributed by atoms with Gasteiger partial charge in [-0.1, -0.05) is 31.9 Å². The fraction of sp³-hybridized carbons (Fsp3) is 0.0714. The molecule has 0 spiro atoms. The molecule has 108 valence electrons. The summed E-state index contributed by atoms with van der Waals surface area (Å²) in [5.74, 6) is -0.431. The maximum atomic E-state index is 12.2. The second kappa shape index (κ2) is 5.57. The van der Waals surface area contributed by atoms with Crippen molar-refractivity contribution in [2.75, 3.05) is 10.6 Å². The van der Waals surface area contributed by atoms with E-state index < -0.39 is 6.29 Å². The Bertz CT molecular complexity index is 721. The number of hydrogen-bond donors (Lipinski definition) is 4. The van der Waals surface area contributed by atoms with E-state index >= 15 is 0 Å². The highest BCUT2D eigenvalue weighted by molar-refractivity contribution is 9.10. The molecule has 0 aromatic heterocycles. The average molecular weight is 413 g/mol. The molecule has 0 radical (unpaired) electrons. The summed E-state index contributed by atoms with van der Waals surface area (Å²) in [7, 11) is 0. The fourth-order valence-electron chi connectivity index (χ4n) is 2.08. The van der Waals surface area contributed by atoms with Gasteiger partial charge in [-0.3, -0.25) is 4.79 Å². The summed E-state index contributed by atoms with van der Waals surface area (Å²) in [6.07, 6.45) is -0.430. The summed E-state index contributed by atoms with van der Waals surface area (Å²) in [6, 6.07) is 10.5. The maximum Gasteiger partial charge on any atom is 0.258 e. The topological polar surface area (TPSA) is 73.4 Å². The number of rotatable bonds is 2. The lowest BCUT2D eigenvalue weighted by molar-refractivity contribution is 0.0943. The zero-order valence-electron chi connectivity index (χ0n) is 10.7. The smallest absolute Gasteiger partial charge is 0.258 e. The quantitative estimate of drug-likeness (QED) is 0.609. The Hall–Kier alpha value is -1.73. The van der Waals surface area contributed by atoms with Gasteiger partial charge in [-0.2, -0.15) is 0 Å². The van der Waals surface area contributed by atoms with Crippen molar-refractivity contribution in [3.8, 4) is 5.75 Å². The number of phenolic OH excluding ortho intramolecular Hbond substituents is 1. The number of carbonyl (C=O) groups is 1. The van der Waals surface area contributed by atoms with E-state index in [1.54, 1.807) is 12.1 Å². The number of carbonyl (C=O) groups excluding carboxylic acids is 1. The lowest BCUT2D eigenvalue weighted by Gasteiger charge is -2.15. The number of amides is 1. The van der Waals surface area contributed by atoms with Gasteiger partial charge in [0.25, 0.3) is 5.91 Å². The predicted molar refractivity (Wildman–Crippen MR) is 88.4 cm³/mol. The van der Waals surface area contributed by atoms with Crippen LogP contribution in [0.1, 0.15) is 10.4 Å². The van der Waals surface area contributed by atoms with E-state index in [2.05, 4.69) is 47.8 Å². The first kappa shape index (κ1) is 14.2. The molecule has 0 aliphatic carbocycles. The van der Waals surface area contributed by atoms with Crippen LogP contribution in [0.5, 0.6) is 5.75 Å². The minimum atomic E-state index is -0.430. The highest BCUT2D eigenvalue weighted by Gasteiger charge is 2.22. The zero-order chi connectivity index (χ0) is 15.0. The number of halogens is 2.